The van der Waals surface area contributed by atoms with Gasteiger partial charge in [-0.15, -0.1) is 0 Å². The lowest BCUT2D eigenvalue weighted by atomic mass is 10.3. The number of hydrogen-bond donors (Lipinski definition) is 2. The summed E-state index contributed by atoms with van der Waals surface area (Å²) in [6, 6.07) is 7.45. The first-order valence-electron chi connectivity index (χ1n) is 3.76. The fraction of sp³-hybridized carbons (Fsp3) is 0. The van der Waals surface area contributed by atoms with E-state index < -0.39 is 0 Å². The van der Waals surface area contributed by atoms with Gasteiger partial charge in [-0.1, -0.05) is 24.4 Å². The molecular weight excluding hydrogens is 184 g/mol. The fourth-order valence-electron chi connectivity index (χ4n) is 1.08. The highest BCUT2D eigenvalue weighted by atomic mass is 32.1. The van der Waals surface area contributed by atoms with Gasteiger partial charge in [0.1, 0.15) is 10.3 Å². The molecule has 0 aliphatic heterocycles. The smallest absolute Gasteiger partial charge is 0.139 e. The highest BCUT2D eigenvalue weighted by Gasteiger charge is 1.99. The first-order valence-corrected chi connectivity index (χ1v) is 4.17. The minimum absolute atomic E-state index is 0.586. The second kappa shape index (κ2) is 3.02. The van der Waals surface area contributed by atoms with Crippen LogP contribution in [0.4, 0.5) is 5.69 Å². The molecule has 0 saturated carbocycles. The molecule has 2 rings (SSSR count). The molecule has 1 heterocycles. The predicted octanol–water partition coefficient (Wildman–Crippen LogP) is 1.51. The molecule has 0 spiro atoms. The molecule has 4 nitrogen and oxygen atoms in total. The zero-order valence-corrected chi connectivity index (χ0v) is 7.58. The summed E-state index contributed by atoms with van der Waals surface area (Å²) >= 11 is 4.90. The van der Waals surface area contributed by atoms with Crippen molar-refractivity contribution in [2.45, 2.75) is 0 Å². The molecule has 1 aromatic carbocycles. The molecule has 0 aliphatic rings. The van der Waals surface area contributed by atoms with Crippen molar-refractivity contribution in [2.24, 2.45) is 0 Å². The molecular formula is C8H8N4S. The molecule has 0 saturated heterocycles. The third-order valence-electron chi connectivity index (χ3n) is 1.67. The predicted molar refractivity (Wildman–Crippen MR) is 53.2 cm³/mol. The van der Waals surface area contributed by atoms with Crippen molar-refractivity contribution >= 4 is 17.9 Å². The van der Waals surface area contributed by atoms with Crippen LogP contribution in [-0.4, -0.2) is 15.0 Å². The summed E-state index contributed by atoms with van der Waals surface area (Å²) in [5.41, 5.74) is 7.21. The van der Waals surface area contributed by atoms with Gasteiger partial charge in [0.15, 0.2) is 0 Å². The van der Waals surface area contributed by atoms with E-state index in [1.165, 1.54) is 0 Å². The number of nitrogen functional groups attached to an aromatic ring is 1. The Morgan fingerprint density at radius 2 is 2.15 bits per heavy atom. The quantitative estimate of drug-likeness (QED) is 0.532. The van der Waals surface area contributed by atoms with Crippen molar-refractivity contribution in [3.05, 3.63) is 35.1 Å². The van der Waals surface area contributed by atoms with Gasteiger partial charge in [-0.25, -0.2) is 0 Å². The number of nitrogens with one attached hydrogen (secondary N) is 1. The van der Waals surface area contributed by atoms with Gasteiger partial charge in [-0.3, -0.25) is 5.10 Å². The fourth-order valence-corrected chi connectivity index (χ4v) is 1.21. The number of rotatable bonds is 1. The summed E-state index contributed by atoms with van der Waals surface area (Å²) in [4.78, 5) is 1.55. The van der Waals surface area contributed by atoms with Crippen molar-refractivity contribution < 1.29 is 0 Å². The number of hydrogen-bond acceptors (Lipinski definition) is 3. The van der Waals surface area contributed by atoms with Gasteiger partial charge in [-0.05, 0) is 12.1 Å². The van der Waals surface area contributed by atoms with Crippen molar-refractivity contribution in [1.29, 1.82) is 0 Å². The van der Waals surface area contributed by atoms with E-state index in [0.717, 1.165) is 5.69 Å². The molecule has 1 aromatic heterocycles. The Labute approximate surface area is 80.0 Å². The van der Waals surface area contributed by atoms with E-state index in [2.05, 4.69) is 10.2 Å². The standard InChI is InChI=1S/C8H8N4S/c9-6-3-1-2-4-7(6)12-10-5-8(13)11-12/h1-5H,9H2,(H,11,13). The Bertz CT molecular complexity index is 471. The largest absolute Gasteiger partial charge is 0.397 e. The Morgan fingerprint density at radius 3 is 2.77 bits per heavy atom. The maximum Gasteiger partial charge on any atom is 0.139 e. The summed E-state index contributed by atoms with van der Waals surface area (Å²) < 4.78 is 0.586. The maximum atomic E-state index is 5.75. The van der Waals surface area contributed by atoms with Crippen molar-refractivity contribution in [3.8, 4) is 5.69 Å². The summed E-state index contributed by atoms with van der Waals surface area (Å²) in [5.74, 6) is 0. The zero-order chi connectivity index (χ0) is 9.26. The van der Waals surface area contributed by atoms with Crippen molar-refractivity contribution in [1.82, 2.24) is 15.0 Å². The summed E-state index contributed by atoms with van der Waals surface area (Å²) in [7, 11) is 0. The minimum atomic E-state index is 0.586. The van der Waals surface area contributed by atoms with Gasteiger partial charge >= 0.3 is 0 Å². The van der Waals surface area contributed by atoms with Crippen LogP contribution in [0.5, 0.6) is 0 Å². The van der Waals surface area contributed by atoms with Gasteiger partial charge in [0.2, 0.25) is 0 Å². The molecule has 0 aliphatic carbocycles. The first kappa shape index (κ1) is 8.00. The van der Waals surface area contributed by atoms with E-state index in [0.29, 0.717) is 10.3 Å². The Morgan fingerprint density at radius 1 is 1.38 bits per heavy atom. The van der Waals surface area contributed by atoms with Gasteiger partial charge in [0, 0.05) is 0 Å². The summed E-state index contributed by atoms with van der Waals surface area (Å²) in [6.07, 6.45) is 1.57. The maximum absolute atomic E-state index is 5.75. The Kier molecular flexibility index (Phi) is 1.86. The molecule has 0 atom stereocenters. The van der Waals surface area contributed by atoms with Crippen molar-refractivity contribution in [3.63, 3.8) is 0 Å². The molecule has 3 N–H and O–H groups in total. The van der Waals surface area contributed by atoms with Gasteiger partial charge in [-0.2, -0.15) is 9.90 Å². The number of nitrogens with zero attached hydrogens (tertiary/aromatic N) is 2. The van der Waals surface area contributed by atoms with Crippen LogP contribution in [0, 0.1) is 4.64 Å². The number of nitrogens with two attached hydrogens (primary N) is 1. The molecule has 5 heteroatoms. The number of aromatic amines is 1. The number of aromatic nitrogens is 3. The van der Waals surface area contributed by atoms with E-state index >= 15 is 0 Å². The molecule has 0 radical (unpaired) electrons. The second-order valence-electron chi connectivity index (χ2n) is 2.59. The normalized spacial score (nSPS) is 10.2. The molecule has 2 aromatic rings. The molecule has 66 valence electrons. The molecule has 13 heavy (non-hydrogen) atoms. The number of benzene rings is 1. The molecule has 0 amide bonds. The van der Waals surface area contributed by atoms with Crippen LogP contribution in [0.2, 0.25) is 0 Å². The van der Waals surface area contributed by atoms with Crippen LogP contribution in [0.25, 0.3) is 5.69 Å². The lowest BCUT2D eigenvalue weighted by Crippen LogP contribution is -2.02. The molecule has 0 fully saturated rings. The molecule has 0 bridgehead atoms. The SMILES string of the molecule is Nc1ccccc1-n1ncc(=S)[nH]1. The highest BCUT2D eigenvalue weighted by Crippen LogP contribution is 2.13. The first-order chi connectivity index (χ1) is 6.27. The summed E-state index contributed by atoms with van der Waals surface area (Å²) in [5, 5.41) is 6.90. The second-order valence-corrected chi connectivity index (χ2v) is 3.03. The van der Waals surface area contributed by atoms with E-state index in [4.69, 9.17) is 18.0 Å². The topological polar surface area (TPSA) is 59.6 Å². The van der Waals surface area contributed by atoms with E-state index in [1.54, 1.807) is 11.0 Å². The van der Waals surface area contributed by atoms with Crippen LogP contribution < -0.4 is 5.73 Å². The van der Waals surface area contributed by atoms with E-state index in [1.807, 2.05) is 24.3 Å². The van der Waals surface area contributed by atoms with Crippen LogP contribution in [-0.2, 0) is 0 Å². The molecule has 0 unspecified atom stereocenters. The van der Waals surface area contributed by atoms with Crippen LogP contribution >= 0.6 is 12.2 Å². The lowest BCUT2D eigenvalue weighted by Gasteiger charge is -2.02. The number of anilines is 1. The van der Waals surface area contributed by atoms with Gasteiger partial charge < -0.3 is 5.73 Å². The number of H-pyrrole nitrogens is 1. The number of para-hydroxylation sites is 2. The Balaban J connectivity index is 2.58. The van der Waals surface area contributed by atoms with Gasteiger partial charge in [0.25, 0.3) is 0 Å². The minimum Gasteiger partial charge on any atom is -0.397 e. The lowest BCUT2D eigenvalue weighted by molar-refractivity contribution is 0.752. The Hall–Kier alpha value is -1.62. The third-order valence-corrected chi connectivity index (χ3v) is 1.87. The van der Waals surface area contributed by atoms with Gasteiger partial charge in [0.05, 0.1) is 11.9 Å². The average Bonchev–Trinajstić information content (AvgIpc) is 2.53. The third kappa shape index (κ3) is 1.46. The van der Waals surface area contributed by atoms with Crippen LogP contribution in [0.15, 0.2) is 30.5 Å². The van der Waals surface area contributed by atoms with E-state index in [9.17, 15) is 0 Å². The van der Waals surface area contributed by atoms with Crippen molar-refractivity contribution in [2.75, 3.05) is 5.73 Å². The zero-order valence-electron chi connectivity index (χ0n) is 6.77. The highest BCUT2D eigenvalue weighted by molar-refractivity contribution is 7.71. The average molecular weight is 192 g/mol. The monoisotopic (exact) mass is 192 g/mol. The van der Waals surface area contributed by atoms with Crippen LogP contribution in [0.3, 0.4) is 0 Å². The van der Waals surface area contributed by atoms with E-state index in [-0.39, 0.29) is 0 Å². The summed E-state index contributed by atoms with van der Waals surface area (Å²) in [6.45, 7) is 0. The van der Waals surface area contributed by atoms with Crippen LogP contribution in [0.1, 0.15) is 0 Å².